The molecule has 0 aliphatic heterocycles. The Morgan fingerprint density at radius 2 is 1.89 bits per heavy atom. The van der Waals surface area contributed by atoms with Gasteiger partial charge in [0.2, 0.25) is 5.91 Å². The van der Waals surface area contributed by atoms with Crippen LogP contribution in [0.25, 0.3) is 0 Å². The van der Waals surface area contributed by atoms with Crippen molar-refractivity contribution in [2.75, 3.05) is 5.88 Å². The van der Waals surface area contributed by atoms with Crippen LogP contribution in [-0.4, -0.2) is 11.8 Å². The Hall–Kier alpha value is -1.23. The van der Waals surface area contributed by atoms with E-state index in [2.05, 4.69) is 5.32 Å². The quantitative estimate of drug-likeness (QED) is 0.840. The molecule has 0 heterocycles. The van der Waals surface area contributed by atoms with Crippen LogP contribution in [0.2, 0.25) is 0 Å². The van der Waals surface area contributed by atoms with Gasteiger partial charge in [0, 0.05) is 12.3 Å². The predicted octanol–water partition coefficient (Wildman–Crippen LogP) is 3.51. The number of carbonyl (C=O) groups is 1. The summed E-state index contributed by atoms with van der Waals surface area (Å²) in [5.74, 6) is -0.0108. The average molecular weight is 280 g/mol. The molecule has 1 aromatic carbocycles. The lowest BCUT2D eigenvalue weighted by Gasteiger charge is -2.15. The van der Waals surface area contributed by atoms with Gasteiger partial charge in [-0.2, -0.15) is 13.2 Å². The Bertz CT molecular complexity index is 403. The molecule has 2 nitrogen and oxygen atoms in total. The van der Waals surface area contributed by atoms with Crippen molar-refractivity contribution < 1.29 is 18.0 Å². The second-order valence-corrected chi connectivity index (χ2v) is 4.23. The first-order chi connectivity index (χ1) is 8.34. The van der Waals surface area contributed by atoms with E-state index >= 15 is 0 Å². The maximum Gasteiger partial charge on any atom is 0.416 e. The first-order valence-corrected chi connectivity index (χ1v) is 5.90. The van der Waals surface area contributed by atoms with E-state index in [1.807, 2.05) is 0 Å². The van der Waals surface area contributed by atoms with Crippen molar-refractivity contribution in [3.05, 3.63) is 35.4 Å². The molecule has 1 unspecified atom stereocenters. The first kappa shape index (κ1) is 14.8. The van der Waals surface area contributed by atoms with Crippen molar-refractivity contribution in [1.82, 2.24) is 5.32 Å². The Morgan fingerprint density at radius 1 is 1.33 bits per heavy atom. The van der Waals surface area contributed by atoms with Crippen molar-refractivity contribution in [2.45, 2.75) is 25.6 Å². The van der Waals surface area contributed by atoms with Crippen LogP contribution in [0.5, 0.6) is 0 Å². The Labute approximate surface area is 108 Å². The summed E-state index contributed by atoms with van der Waals surface area (Å²) in [6.07, 6.45) is -4.16. The molecule has 0 aliphatic rings. The standard InChI is InChI=1S/C12H13ClF3NO/c1-8(17-11(18)6-7-13)9-2-4-10(5-3-9)12(14,15)16/h2-5,8H,6-7H2,1H3,(H,17,18). The molecule has 0 saturated carbocycles. The molecule has 100 valence electrons. The van der Waals surface area contributed by atoms with Gasteiger partial charge in [0.25, 0.3) is 0 Å². The summed E-state index contributed by atoms with van der Waals surface area (Å²) >= 11 is 5.41. The van der Waals surface area contributed by atoms with Gasteiger partial charge < -0.3 is 5.32 Å². The van der Waals surface area contributed by atoms with E-state index in [4.69, 9.17) is 11.6 Å². The number of carbonyl (C=O) groups excluding carboxylic acids is 1. The summed E-state index contributed by atoms with van der Waals surface area (Å²) in [5.41, 5.74) is -0.0866. The largest absolute Gasteiger partial charge is 0.416 e. The number of alkyl halides is 4. The third-order valence-electron chi connectivity index (χ3n) is 2.44. The van der Waals surface area contributed by atoms with Crippen LogP contribution < -0.4 is 5.32 Å². The average Bonchev–Trinajstić information content (AvgIpc) is 2.28. The lowest BCUT2D eigenvalue weighted by Crippen LogP contribution is -2.26. The van der Waals surface area contributed by atoms with E-state index in [1.165, 1.54) is 12.1 Å². The van der Waals surface area contributed by atoms with Gasteiger partial charge in [-0.05, 0) is 24.6 Å². The molecule has 1 rings (SSSR count). The van der Waals surface area contributed by atoms with E-state index in [1.54, 1.807) is 6.92 Å². The highest BCUT2D eigenvalue weighted by Crippen LogP contribution is 2.29. The monoisotopic (exact) mass is 279 g/mol. The predicted molar refractivity (Wildman–Crippen MR) is 63.3 cm³/mol. The van der Waals surface area contributed by atoms with Crippen LogP contribution in [-0.2, 0) is 11.0 Å². The topological polar surface area (TPSA) is 29.1 Å². The lowest BCUT2D eigenvalue weighted by atomic mass is 10.1. The van der Waals surface area contributed by atoms with Gasteiger partial charge >= 0.3 is 6.18 Å². The zero-order chi connectivity index (χ0) is 13.8. The molecule has 0 spiro atoms. The molecule has 6 heteroatoms. The summed E-state index contributed by atoms with van der Waals surface area (Å²) < 4.78 is 37.0. The van der Waals surface area contributed by atoms with E-state index in [0.29, 0.717) is 5.56 Å². The van der Waals surface area contributed by atoms with E-state index in [-0.39, 0.29) is 24.2 Å². The highest BCUT2D eigenvalue weighted by atomic mass is 35.5. The Morgan fingerprint density at radius 3 is 2.33 bits per heavy atom. The Kier molecular flexibility index (Phi) is 5.02. The summed E-state index contributed by atoms with van der Waals surface area (Å²) in [5, 5.41) is 2.65. The molecule has 1 atom stereocenters. The number of amides is 1. The minimum atomic E-state index is -4.34. The van der Waals surface area contributed by atoms with Crippen molar-refractivity contribution in [2.24, 2.45) is 0 Å². The number of hydrogen-bond donors (Lipinski definition) is 1. The molecule has 1 N–H and O–H groups in total. The minimum Gasteiger partial charge on any atom is -0.350 e. The molecule has 0 radical (unpaired) electrons. The molecule has 0 aromatic heterocycles. The third-order valence-corrected chi connectivity index (χ3v) is 2.63. The first-order valence-electron chi connectivity index (χ1n) is 5.37. The fourth-order valence-corrected chi connectivity index (χ4v) is 1.62. The molecule has 18 heavy (non-hydrogen) atoms. The van der Waals surface area contributed by atoms with Gasteiger partial charge in [-0.25, -0.2) is 0 Å². The van der Waals surface area contributed by atoms with E-state index < -0.39 is 11.7 Å². The van der Waals surface area contributed by atoms with Crippen LogP contribution in [0.1, 0.15) is 30.5 Å². The van der Waals surface area contributed by atoms with Gasteiger partial charge in [-0.1, -0.05) is 12.1 Å². The smallest absolute Gasteiger partial charge is 0.350 e. The number of benzene rings is 1. The Balaban J connectivity index is 2.70. The molecule has 1 aromatic rings. The van der Waals surface area contributed by atoms with Crippen molar-refractivity contribution >= 4 is 17.5 Å². The summed E-state index contributed by atoms with van der Waals surface area (Å²) in [7, 11) is 0. The summed E-state index contributed by atoms with van der Waals surface area (Å²) in [4.78, 5) is 11.3. The van der Waals surface area contributed by atoms with Gasteiger partial charge in [0.1, 0.15) is 0 Å². The summed E-state index contributed by atoms with van der Waals surface area (Å²) in [6.45, 7) is 1.70. The van der Waals surface area contributed by atoms with Crippen LogP contribution in [0.3, 0.4) is 0 Å². The SMILES string of the molecule is CC(NC(=O)CCCl)c1ccc(C(F)(F)F)cc1. The van der Waals surface area contributed by atoms with Gasteiger partial charge in [0.15, 0.2) is 0 Å². The zero-order valence-electron chi connectivity index (χ0n) is 9.72. The highest BCUT2D eigenvalue weighted by Gasteiger charge is 2.30. The fourth-order valence-electron chi connectivity index (χ4n) is 1.44. The normalized spacial score (nSPS) is 13.2. The summed E-state index contributed by atoms with van der Waals surface area (Å²) in [6, 6.07) is 4.37. The third kappa shape index (κ3) is 4.22. The molecule has 0 aliphatic carbocycles. The second kappa shape index (κ2) is 6.09. The molecular weight excluding hydrogens is 267 g/mol. The number of hydrogen-bond acceptors (Lipinski definition) is 1. The van der Waals surface area contributed by atoms with Crippen molar-refractivity contribution in [3.63, 3.8) is 0 Å². The van der Waals surface area contributed by atoms with Crippen LogP contribution in [0.4, 0.5) is 13.2 Å². The van der Waals surface area contributed by atoms with Gasteiger partial charge in [0.05, 0.1) is 11.6 Å². The highest BCUT2D eigenvalue weighted by molar-refractivity contribution is 6.18. The fraction of sp³-hybridized carbons (Fsp3) is 0.417. The molecule has 0 fully saturated rings. The molecule has 0 bridgehead atoms. The van der Waals surface area contributed by atoms with Crippen LogP contribution >= 0.6 is 11.6 Å². The number of halogens is 4. The maximum absolute atomic E-state index is 12.3. The van der Waals surface area contributed by atoms with Gasteiger partial charge in [-0.15, -0.1) is 11.6 Å². The van der Waals surface area contributed by atoms with E-state index in [0.717, 1.165) is 12.1 Å². The number of nitrogens with one attached hydrogen (secondary N) is 1. The van der Waals surface area contributed by atoms with Crippen molar-refractivity contribution in [3.8, 4) is 0 Å². The molecule has 0 saturated heterocycles. The molecular formula is C12H13ClF3NO. The van der Waals surface area contributed by atoms with E-state index in [9.17, 15) is 18.0 Å². The van der Waals surface area contributed by atoms with Crippen LogP contribution in [0.15, 0.2) is 24.3 Å². The van der Waals surface area contributed by atoms with Crippen LogP contribution in [0, 0.1) is 0 Å². The lowest BCUT2D eigenvalue weighted by molar-refractivity contribution is -0.137. The van der Waals surface area contributed by atoms with Crippen molar-refractivity contribution in [1.29, 1.82) is 0 Å². The number of rotatable bonds is 4. The second-order valence-electron chi connectivity index (χ2n) is 3.85. The maximum atomic E-state index is 12.3. The van der Waals surface area contributed by atoms with Gasteiger partial charge in [-0.3, -0.25) is 4.79 Å². The minimum absolute atomic E-state index is 0.187. The zero-order valence-corrected chi connectivity index (χ0v) is 10.5. The molecule has 1 amide bonds.